The molecule has 1 unspecified atom stereocenters. The van der Waals surface area contributed by atoms with E-state index in [4.69, 9.17) is 0 Å². The van der Waals surface area contributed by atoms with Gasteiger partial charge in [0.15, 0.2) is 0 Å². The van der Waals surface area contributed by atoms with Crippen molar-refractivity contribution in [3.63, 3.8) is 0 Å². The lowest BCUT2D eigenvalue weighted by atomic mass is 9.98. The first-order valence-corrected chi connectivity index (χ1v) is 9.34. The van der Waals surface area contributed by atoms with Crippen LogP contribution in [0.1, 0.15) is 23.4 Å². The summed E-state index contributed by atoms with van der Waals surface area (Å²) in [6.07, 6.45) is 4.12. The molecule has 0 saturated carbocycles. The molecule has 5 nitrogen and oxygen atoms in total. The van der Waals surface area contributed by atoms with Crippen molar-refractivity contribution in [2.45, 2.75) is 25.9 Å². The lowest BCUT2D eigenvalue weighted by Crippen LogP contribution is -2.43. The van der Waals surface area contributed by atoms with Gasteiger partial charge in [-0.2, -0.15) is 0 Å². The number of carbonyl (C=O) groups excluding carboxylic acids is 1. The van der Waals surface area contributed by atoms with E-state index in [-0.39, 0.29) is 6.03 Å². The molecular formula is C18H24N4OS. The molecule has 0 radical (unpaired) electrons. The highest BCUT2D eigenvalue weighted by Crippen LogP contribution is 2.19. The summed E-state index contributed by atoms with van der Waals surface area (Å²) in [5.41, 5.74) is 0.868. The third kappa shape index (κ3) is 5.32. The van der Waals surface area contributed by atoms with Crippen LogP contribution in [0.4, 0.5) is 4.79 Å². The largest absolute Gasteiger partial charge is 0.338 e. The van der Waals surface area contributed by atoms with Crippen LogP contribution in [0.25, 0.3) is 0 Å². The number of nitrogens with one attached hydrogen (secondary N) is 2. The zero-order valence-corrected chi connectivity index (χ0v) is 14.6. The lowest BCUT2D eigenvalue weighted by molar-refractivity contribution is 0.166. The van der Waals surface area contributed by atoms with Crippen LogP contribution in [0.5, 0.6) is 0 Å². The van der Waals surface area contributed by atoms with Crippen molar-refractivity contribution < 1.29 is 4.79 Å². The van der Waals surface area contributed by atoms with Crippen molar-refractivity contribution in [2.75, 3.05) is 19.6 Å². The Morgan fingerprint density at radius 2 is 2.25 bits per heavy atom. The molecule has 0 spiro atoms. The maximum atomic E-state index is 11.9. The van der Waals surface area contributed by atoms with Gasteiger partial charge in [0.2, 0.25) is 0 Å². The SMILES string of the molecule is O=C(NCc1ccccn1)NCC1CCCN(Cc2cccs2)C1. The number of carbonyl (C=O) groups is 1. The summed E-state index contributed by atoms with van der Waals surface area (Å²) in [6, 6.07) is 9.88. The molecule has 0 aromatic carbocycles. The second kappa shape index (κ2) is 8.80. The number of nitrogens with zero attached hydrogens (tertiary/aromatic N) is 2. The predicted molar refractivity (Wildman–Crippen MR) is 96.8 cm³/mol. The van der Waals surface area contributed by atoms with E-state index < -0.39 is 0 Å². The molecule has 1 aliphatic heterocycles. The first-order chi connectivity index (χ1) is 11.8. The third-order valence-electron chi connectivity index (χ3n) is 4.27. The highest BCUT2D eigenvalue weighted by Gasteiger charge is 2.20. The van der Waals surface area contributed by atoms with Crippen molar-refractivity contribution in [3.8, 4) is 0 Å². The van der Waals surface area contributed by atoms with Gasteiger partial charge in [-0.05, 0) is 48.9 Å². The molecular weight excluding hydrogens is 320 g/mol. The molecule has 1 fully saturated rings. The summed E-state index contributed by atoms with van der Waals surface area (Å²) in [5, 5.41) is 7.99. The highest BCUT2D eigenvalue weighted by molar-refractivity contribution is 7.09. The molecule has 2 amide bonds. The van der Waals surface area contributed by atoms with Gasteiger partial charge in [-0.3, -0.25) is 9.88 Å². The van der Waals surface area contributed by atoms with Crippen LogP contribution >= 0.6 is 11.3 Å². The molecule has 6 heteroatoms. The van der Waals surface area contributed by atoms with Crippen molar-refractivity contribution >= 4 is 17.4 Å². The molecule has 2 aromatic rings. The number of urea groups is 1. The second-order valence-electron chi connectivity index (χ2n) is 6.21. The molecule has 0 bridgehead atoms. The molecule has 128 valence electrons. The van der Waals surface area contributed by atoms with Crippen molar-refractivity contribution in [1.82, 2.24) is 20.5 Å². The Kier molecular flexibility index (Phi) is 6.20. The Bertz CT molecular complexity index is 617. The molecule has 2 aromatic heterocycles. The number of piperidine rings is 1. The quantitative estimate of drug-likeness (QED) is 0.847. The van der Waals surface area contributed by atoms with Gasteiger partial charge >= 0.3 is 6.03 Å². The number of aromatic nitrogens is 1. The molecule has 1 atom stereocenters. The standard InChI is InChI=1S/C18H24N4OS/c23-18(21-12-16-6-1-2-8-19-16)20-11-15-5-3-9-22(13-15)14-17-7-4-10-24-17/h1-2,4,6-8,10,15H,3,5,9,11-14H2,(H2,20,21,23). The monoisotopic (exact) mass is 344 g/mol. The van der Waals surface area contributed by atoms with Crippen molar-refractivity contribution in [3.05, 3.63) is 52.5 Å². The Labute approximate surface area is 147 Å². The number of amides is 2. The van der Waals surface area contributed by atoms with Crippen LogP contribution in [0.15, 0.2) is 41.9 Å². The first-order valence-electron chi connectivity index (χ1n) is 8.46. The van der Waals surface area contributed by atoms with Gasteiger partial charge in [-0.15, -0.1) is 11.3 Å². The van der Waals surface area contributed by atoms with E-state index in [1.807, 2.05) is 29.5 Å². The van der Waals surface area contributed by atoms with Crippen LogP contribution < -0.4 is 10.6 Å². The lowest BCUT2D eigenvalue weighted by Gasteiger charge is -2.32. The second-order valence-corrected chi connectivity index (χ2v) is 7.24. The number of likely N-dealkylation sites (tertiary alicyclic amines) is 1. The number of hydrogen-bond acceptors (Lipinski definition) is 4. The van der Waals surface area contributed by atoms with Gasteiger partial charge in [-0.25, -0.2) is 4.79 Å². The van der Waals surface area contributed by atoms with Gasteiger partial charge in [0.1, 0.15) is 0 Å². The average molecular weight is 344 g/mol. The summed E-state index contributed by atoms with van der Waals surface area (Å²) in [4.78, 5) is 20.0. The number of pyridine rings is 1. The Balaban J connectivity index is 1.37. The summed E-state index contributed by atoms with van der Waals surface area (Å²) in [6.45, 7) is 4.43. The predicted octanol–water partition coefficient (Wildman–Crippen LogP) is 2.85. The molecule has 1 saturated heterocycles. The normalized spacial score (nSPS) is 18.2. The fourth-order valence-electron chi connectivity index (χ4n) is 3.06. The van der Waals surface area contributed by atoms with Crippen LogP contribution in [0.3, 0.4) is 0 Å². The van der Waals surface area contributed by atoms with E-state index in [0.29, 0.717) is 12.5 Å². The maximum Gasteiger partial charge on any atom is 0.315 e. The van der Waals surface area contributed by atoms with E-state index in [1.165, 1.54) is 17.7 Å². The van der Waals surface area contributed by atoms with Gasteiger partial charge in [0.05, 0.1) is 12.2 Å². The third-order valence-corrected chi connectivity index (χ3v) is 5.13. The minimum atomic E-state index is -0.115. The van der Waals surface area contributed by atoms with E-state index in [0.717, 1.165) is 31.9 Å². The molecule has 2 N–H and O–H groups in total. The average Bonchev–Trinajstić information content (AvgIpc) is 3.12. The summed E-state index contributed by atoms with van der Waals surface area (Å²) in [5.74, 6) is 0.527. The summed E-state index contributed by atoms with van der Waals surface area (Å²) in [7, 11) is 0. The van der Waals surface area contributed by atoms with Gasteiger partial charge < -0.3 is 10.6 Å². The summed E-state index contributed by atoms with van der Waals surface area (Å²) < 4.78 is 0. The molecule has 24 heavy (non-hydrogen) atoms. The van der Waals surface area contributed by atoms with E-state index in [9.17, 15) is 4.79 Å². The van der Waals surface area contributed by atoms with E-state index in [2.05, 4.69) is 38.0 Å². The number of hydrogen-bond donors (Lipinski definition) is 2. The Morgan fingerprint density at radius 1 is 1.29 bits per heavy atom. The van der Waals surface area contributed by atoms with Gasteiger partial charge in [0.25, 0.3) is 0 Å². The zero-order valence-electron chi connectivity index (χ0n) is 13.8. The van der Waals surface area contributed by atoms with Crippen LogP contribution in [-0.2, 0) is 13.1 Å². The van der Waals surface area contributed by atoms with Gasteiger partial charge in [-0.1, -0.05) is 12.1 Å². The number of thiophene rings is 1. The Hall–Kier alpha value is -1.92. The molecule has 1 aliphatic rings. The van der Waals surface area contributed by atoms with Crippen molar-refractivity contribution in [1.29, 1.82) is 0 Å². The van der Waals surface area contributed by atoms with Crippen molar-refractivity contribution in [2.24, 2.45) is 5.92 Å². The fourth-order valence-corrected chi connectivity index (χ4v) is 3.80. The molecule has 3 rings (SSSR count). The Morgan fingerprint density at radius 3 is 3.04 bits per heavy atom. The minimum Gasteiger partial charge on any atom is -0.338 e. The van der Waals surface area contributed by atoms with Crippen LogP contribution in [0, 0.1) is 5.92 Å². The molecule has 0 aliphatic carbocycles. The zero-order chi connectivity index (χ0) is 16.6. The maximum absolute atomic E-state index is 11.9. The molecule has 3 heterocycles. The fraction of sp³-hybridized carbons (Fsp3) is 0.444. The van der Waals surface area contributed by atoms with Crippen LogP contribution in [0.2, 0.25) is 0 Å². The minimum absolute atomic E-state index is 0.115. The summed E-state index contributed by atoms with van der Waals surface area (Å²) >= 11 is 1.81. The van der Waals surface area contributed by atoms with E-state index in [1.54, 1.807) is 6.20 Å². The van der Waals surface area contributed by atoms with E-state index >= 15 is 0 Å². The smallest absolute Gasteiger partial charge is 0.315 e. The topological polar surface area (TPSA) is 57.3 Å². The highest BCUT2D eigenvalue weighted by atomic mass is 32.1. The van der Waals surface area contributed by atoms with Gasteiger partial charge in [0, 0.05) is 30.7 Å². The number of rotatable bonds is 6. The first kappa shape index (κ1) is 16.9. The van der Waals surface area contributed by atoms with Crippen LogP contribution in [-0.4, -0.2) is 35.5 Å².